The van der Waals surface area contributed by atoms with Crippen molar-refractivity contribution in [2.75, 3.05) is 14.2 Å². The summed E-state index contributed by atoms with van der Waals surface area (Å²) in [5, 5.41) is 40.3. The third-order valence-corrected chi connectivity index (χ3v) is 6.36. The van der Waals surface area contributed by atoms with Gasteiger partial charge >= 0.3 is 5.97 Å². The Morgan fingerprint density at radius 2 is 1.57 bits per heavy atom. The van der Waals surface area contributed by atoms with Gasteiger partial charge in [0.1, 0.15) is 23.0 Å². The lowest BCUT2D eigenvalue weighted by molar-refractivity contribution is 0.0702. The summed E-state index contributed by atoms with van der Waals surface area (Å²) in [6.45, 7) is 0.0918. The zero-order valence-electron chi connectivity index (χ0n) is 18.8. The van der Waals surface area contributed by atoms with E-state index < -0.39 is 5.97 Å². The molecule has 0 aliphatic carbocycles. The van der Waals surface area contributed by atoms with E-state index in [-0.39, 0.29) is 40.2 Å². The van der Waals surface area contributed by atoms with Crippen LogP contribution in [0.1, 0.15) is 14.5 Å². The van der Waals surface area contributed by atoms with Crippen LogP contribution in [0, 0.1) is 0 Å². The first-order valence-corrected chi connectivity index (χ1v) is 11.2. The van der Waals surface area contributed by atoms with Gasteiger partial charge in [-0.25, -0.2) is 4.79 Å². The molecular weight excluding hydrogens is 472 g/mol. The Balaban J connectivity index is 1.67. The molecule has 0 spiro atoms. The van der Waals surface area contributed by atoms with E-state index in [1.165, 1.54) is 38.5 Å². The van der Waals surface area contributed by atoms with E-state index in [1.807, 2.05) is 0 Å². The molecule has 0 amide bonds. The molecule has 1 aromatic heterocycles. The van der Waals surface area contributed by atoms with Gasteiger partial charge in [0, 0.05) is 10.4 Å². The topological polar surface area (TPSA) is 126 Å². The fourth-order valence-electron chi connectivity index (χ4n) is 3.64. The second-order valence-electron chi connectivity index (χ2n) is 7.47. The second kappa shape index (κ2) is 9.86. The molecule has 0 unspecified atom stereocenters. The quantitative estimate of drug-likeness (QED) is 0.253. The van der Waals surface area contributed by atoms with Crippen molar-refractivity contribution in [3.05, 3.63) is 70.4 Å². The zero-order valence-corrected chi connectivity index (χ0v) is 19.6. The van der Waals surface area contributed by atoms with Gasteiger partial charge in [-0.2, -0.15) is 0 Å². The third kappa shape index (κ3) is 4.80. The summed E-state index contributed by atoms with van der Waals surface area (Å²) in [5.41, 5.74) is 2.04. The Morgan fingerprint density at radius 1 is 0.857 bits per heavy atom. The average Bonchev–Trinajstić information content (AvgIpc) is 3.32. The van der Waals surface area contributed by atoms with Gasteiger partial charge in [-0.15, -0.1) is 11.3 Å². The molecule has 0 atom stereocenters. The van der Waals surface area contributed by atoms with Gasteiger partial charge in [0.15, 0.2) is 23.0 Å². The maximum Gasteiger partial charge on any atom is 0.345 e. The first-order valence-electron chi connectivity index (χ1n) is 10.4. The second-order valence-corrected chi connectivity index (χ2v) is 8.64. The Morgan fingerprint density at radius 3 is 2.17 bits per heavy atom. The predicted octanol–water partition coefficient (Wildman–Crippen LogP) is 5.49. The minimum absolute atomic E-state index is 0.0918. The van der Waals surface area contributed by atoms with Crippen LogP contribution in [0.25, 0.3) is 22.3 Å². The highest BCUT2D eigenvalue weighted by Crippen LogP contribution is 2.50. The van der Waals surface area contributed by atoms with Crippen molar-refractivity contribution in [2.24, 2.45) is 0 Å². The highest BCUT2D eigenvalue weighted by Gasteiger charge is 2.22. The van der Waals surface area contributed by atoms with Gasteiger partial charge in [-0.1, -0.05) is 18.2 Å². The van der Waals surface area contributed by atoms with E-state index >= 15 is 0 Å². The average molecular weight is 495 g/mol. The molecule has 8 nitrogen and oxygen atoms in total. The van der Waals surface area contributed by atoms with Crippen molar-refractivity contribution >= 4 is 17.3 Å². The first kappa shape index (κ1) is 23.8. The lowest BCUT2D eigenvalue weighted by atomic mass is 9.96. The van der Waals surface area contributed by atoms with Crippen LogP contribution in [0.4, 0.5) is 0 Å². The summed E-state index contributed by atoms with van der Waals surface area (Å²) in [7, 11) is 2.90. The van der Waals surface area contributed by atoms with Gasteiger partial charge in [0.2, 0.25) is 0 Å². The van der Waals surface area contributed by atoms with Crippen molar-refractivity contribution in [3.8, 4) is 56.8 Å². The number of aromatic hydroxyl groups is 3. The van der Waals surface area contributed by atoms with Crippen LogP contribution in [0.5, 0.6) is 34.5 Å². The number of benzene rings is 3. The van der Waals surface area contributed by atoms with Gasteiger partial charge in [0.05, 0.1) is 19.8 Å². The number of rotatable bonds is 8. The van der Waals surface area contributed by atoms with E-state index in [2.05, 4.69) is 0 Å². The minimum Gasteiger partial charge on any atom is -0.508 e. The number of hydrogen-bond donors (Lipinski definition) is 4. The summed E-state index contributed by atoms with van der Waals surface area (Å²) in [6, 6.07) is 15.9. The Labute approximate surface area is 204 Å². The molecule has 4 N–H and O–H groups in total. The number of hydrogen-bond acceptors (Lipinski definition) is 8. The largest absolute Gasteiger partial charge is 0.508 e. The van der Waals surface area contributed by atoms with Gasteiger partial charge in [0.25, 0.3) is 0 Å². The normalized spacial score (nSPS) is 10.7. The molecular formula is C26H22O8S. The molecule has 0 saturated heterocycles. The molecule has 9 heteroatoms. The van der Waals surface area contributed by atoms with Crippen molar-refractivity contribution in [1.82, 2.24) is 0 Å². The summed E-state index contributed by atoms with van der Waals surface area (Å²) in [6.07, 6.45) is 0. The van der Waals surface area contributed by atoms with E-state index in [9.17, 15) is 20.1 Å². The first-order chi connectivity index (χ1) is 16.8. The van der Waals surface area contributed by atoms with Crippen LogP contribution in [0.15, 0.2) is 60.7 Å². The molecule has 0 saturated carbocycles. The molecule has 4 aromatic rings. The fraction of sp³-hybridized carbons (Fsp3) is 0.115. The molecule has 3 aromatic carbocycles. The van der Waals surface area contributed by atoms with Gasteiger partial charge in [-0.05, 0) is 53.6 Å². The van der Waals surface area contributed by atoms with Crippen LogP contribution in [-0.2, 0) is 6.61 Å². The smallest absolute Gasteiger partial charge is 0.345 e. The Hall–Kier alpha value is -4.37. The monoisotopic (exact) mass is 494 g/mol. The van der Waals surface area contributed by atoms with Crippen molar-refractivity contribution in [2.45, 2.75) is 6.61 Å². The number of ether oxygens (including phenoxy) is 3. The molecule has 0 fully saturated rings. The van der Waals surface area contributed by atoms with Gasteiger partial charge < -0.3 is 34.6 Å². The lowest BCUT2D eigenvalue weighted by Gasteiger charge is -2.18. The van der Waals surface area contributed by atoms with Crippen LogP contribution >= 0.6 is 11.3 Å². The van der Waals surface area contributed by atoms with Crippen molar-refractivity contribution in [1.29, 1.82) is 0 Å². The van der Waals surface area contributed by atoms with E-state index in [4.69, 9.17) is 19.3 Å². The number of phenols is 3. The highest BCUT2D eigenvalue weighted by atomic mass is 32.1. The number of aromatic carboxylic acids is 1. The molecule has 0 aliphatic heterocycles. The van der Waals surface area contributed by atoms with Gasteiger partial charge in [-0.3, -0.25) is 0 Å². The number of carboxylic acid groups (broad SMARTS) is 1. The molecule has 180 valence electrons. The lowest BCUT2D eigenvalue weighted by Crippen LogP contribution is -1.96. The number of carbonyl (C=O) groups is 1. The fourth-order valence-corrected chi connectivity index (χ4v) is 4.40. The number of methoxy groups -OCH3 is 2. The minimum atomic E-state index is -1.01. The maximum atomic E-state index is 11.1. The molecule has 4 rings (SSSR count). The third-order valence-electron chi connectivity index (χ3n) is 5.31. The summed E-state index contributed by atoms with van der Waals surface area (Å²) in [5.74, 6) is -0.486. The predicted molar refractivity (Wildman–Crippen MR) is 131 cm³/mol. The summed E-state index contributed by atoms with van der Waals surface area (Å²) >= 11 is 1.09. The van der Waals surface area contributed by atoms with E-state index in [0.717, 1.165) is 11.3 Å². The molecule has 35 heavy (non-hydrogen) atoms. The van der Waals surface area contributed by atoms with Crippen molar-refractivity contribution in [3.63, 3.8) is 0 Å². The molecule has 1 heterocycles. The number of phenolic OH excluding ortho intramolecular Hbond substituents is 3. The SMILES string of the molecule is COc1cc(-c2ccc(O)cc2)c(OC)c(O)c1-c1ccc(OCc2ccc(C(=O)O)s2)c(O)c1. The van der Waals surface area contributed by atoms with Crippen LogP contribution < -0.4 is 14.2 Å². The molecule has 0 bridgehead atoms. The van der Waals surface area contributed by atoms with E-state index in [0.29, 0.717) is 32.9 Å². The van der Waals surface area contributed by atoms with Crippen LogP contribution in [0.3, 0.4) is 0 Å². The summed E-state index contributed by atoms with van der Waals surface area (Å²) < 4.78 is 16.7. The number of thiophene rings is 1. The zero-order chi connectivity index (χ0) is 25.1. The number of carboxylic acids is 1. The van der Waals surface area contributed by atoms with E-state index in [1.54, 1.807) is 36.4 Å². The Bertz CT molecular complexity index is 1380. The standard InChI is InChI=1S/C26H22O8S/c1-32-21-12-18(14-3-6-16(27)7-4-14)25(33-2)24(29)23(21)15-5-9-20(19(28)11-15)34-13-17-8-10-22(35-17)26(30)31/h3-12,27-29H,13H2,1-2H3,(H,30,31). The molecule has 0 aliphatic rings. The Kier molecular flexibility index (Phi) is 6.70. The van der Waals surface area contributed by atoms with Crippen LogP contribution in [0.2, 0.25) is 0 Å². The summed E-state index contributed by atoms with van der Waals surface area (Å²) in [4.78, 5) is 11.9. The molecule has 0 radical (unpaired) electrons. The van der Waals surface area contributed by atoms with Crippen molar-refractivity contribution < 1.29 is 39.4 Å². The maximum absolute atomic E-state index is 11.1. The van der Waals surface area contributed by atoms with Crippen LogP contribution in [-0.4, -0.2) is 40.6 Å². The highest BCUT2D eigenvalue weighted by molar-refractivity contribution is 7.13.